The predicted octanol–water partition coefficient (Wildman–Crippen LogP) is 6.20. The number of amides is 2. The number of carbonyl (C=O) groups is 2. The van der Waals surface area contributed by atoms with Crippen LogP contribution in [0.2, 0.25) is 0 Å². The Balaban J connectivity index is 0.00000169. The van der Waals surface area contributed by atoms with Crippen molar-refractivity contribution >= 4 is 50.9 Å². The van der Waals surface area contributed by atoms with Crippen molar-refractivity contribution in [1.82, 2.24) is 24.8 Å². The Hall–Kier alpha value is -4.65. The van der Waals surface area contributed by atoms with Crippen LogP contribution >= 0.6 is 11.3 Å². The summed E-state index contributed by atoms with van der Waals surface area (Å²) >= 11 is 1.37. The largest absolute Gasteiger partial charge is 0.444 e. The molecule has 3 heterocycles. The number of nitrogens with zero attached hydrogens (tertiary/aromatic N) is 5. The number of aromatic nitrogens is 4. The highest BCUT2D eigenvalue weighted by Gasteiger charge is 2.28. The minimum absolute atomic E-state index is 0.0387. The fraction of sp³-hybridized carbons (Fsp3) is 0.355. The van der Waals surface area contributed by atoms with Gasteiger partial charge >= 0.3 is 6.09 Å². The van der Waals surface area contributed by atoms with Gasteiger partial charge in [-0.05, 0) is 58.9 Å². The number of nitrogens with one attached hydrogen (secondary N) is 2. The molecule has 1 unspecified atom stereocenters. The number of hydrogen-bond donors (Lipinski definition) is 3. The lowest BCUT2D eigenvalue weighted by Crippen LogP contribution is -2.44. The average Bonchev–Trinajstić information content (AvgIpc) is 3.37. The second-order valence-corrected chi connectivity index (χ2v) is 11.9. The van der Waals surface area contributed by atoms with Crippen molar-refractivity contribution in [1.29, 1.82) is 0 Å². The molecule has 1 atom stereocenters. The van der Waals surface area contributed by atoms with Crippen LogP contribution in [0.15, 0.2) is 61.6 Å². The van der Waals surface area contributed by atoms with Crippen molar-refractivity contribution in [2.24, 2.45) is 0 Å². The predicted molar refractivity (Wildman–Crippen MR) is 173 cm³/mol. The molecule has 3 aromatic heterocycles. The summed E-state index contributed by atoms with van der Waals surface area (Å²) in [7, 11) is 0. The van der Waals surface area contributed by atoms with Crippen LogP contribution in [-0.2, 0) is 22.5 Å². The molecular weight excluding hydrogens is 583 g/mol. The van der Waals surface area contributed by atoms with E-state index in [9.17, 15) is 14.0 Å². The standard InChI is InChI=1S/C28H33FN8O3S.C3H6/c1-17(14-22(38)35-20-10-6-5-9-19(20)30)37(27(39)40-28(2,3)4)13-11-23-36-24-25(33-16-34-26(24)41-23)32-15-21-18(29)8-7-12-31-21;1-3-2/h5-10,12,16-17H,11,13-15,30H2,1-4H3,(H,35,38)(H,32,33,34);3H,1H2,2H3. The highest BCUT2D eigenvalue weighted by Crippen LogP contribution is 2.26. The number of ether oxygens (including phenoxy) is 1. The van der Waals surface area contributed by atoms with Crippen molar-refractivity contribution in [3.05, 3.63) is 78.1 Å². The molecule has 0 aliphatic carbocycles. The number of thiazole rings is 1. The van der Waals surface area contributed by atoms with Gasteiger partial charge in [-0.3, -0.25) is 9.78 Å². The Morgan fingerprint density at radius 1 is 1.18 bits per heavy atom. The van der Waals surface area contributed by atoms with E-state index in [0.717, 1.165) is 5.01 Å². The molecule has 2 amide bonds. The Labute approximate surface area is 260 Å². The zero-order valence-electron chi connectivity index (χ0n) is 25.6. The molecule has 11 nitrogen and oxygen atoms in total. The maximum Gasteiger partial charge on any atom is 0.410 e. The molecule has 0 saturated carbocycles. The molecule has 4 aromatic rings. The fourth-order valence-electron chi connectivity index (χ4n) is 3.97. The number of nitrogens with two attached hydrogens (primary N) is 1. The topological polar surface area (TPSA) is 148 Å². The second kappa shape index (κ2) is 15.7. The molecule has 4 N–H and O–H groups in total. The van der Waals surface area contributed by atoms with Crippen LogP contribution in [-0.4, -0.2) is 55.0 Å². The van der Waals surface area contributed by atoms with E-state index in [1.54, 1.807) is 58.0 Å². The van der Waals surface area contributed by atoms with Gasteiger partial charge in [0.2, 0.25) is 5.91 Å². The number of benzene rings is 1. The SMILES string of the molecule is C=CC.CC(CC(=O)Nc1ccccc1N)N(CCc1nc2c(NCc3ncccc3F)ncnc2s1)C(=O)OC(C)(C)C. The van der Waals surface area contributed by atoms with Gasteiger partial charge in [0.15, 0.2) is 5.82 Å². The molecule has 0 radical (unpaired) electrons. The smallest absolute Gasteiger partial charge is 0.410 e. The molecule has 0 fully saturated rings. The highest BCUT2D eigenvalue weighted by atomic mass is 32.1. The summed E-state index contributed by atoms with van der Waals surface area (Å²) in [5, 5.41) is 6.61. The first-order chi connectivity index (χ1) is 20.9. The third-order valence-corrected chi connectivity index (χ3v) is 6.96. The quantitative estimate of drug-likeness (QED) is 0.139. The van der Waals surface area contributed by atoms with Crippen LogP contribution in [0.25, 0.3) is 10.3 Å². The van der Waals surface area contributed by atoms with Crippen LogP contribution in [0, 0.1) is 5.82 Å². The Kier molecular flexibility index (Phi) is 12.1. The number of allylic oxidation sites excluding steroid dienone is 1. The molecule has 0 saturated heterocycles. The normalized spacial score (nSPS) is 11.6. The molecule has 1 aromatic carbocycles. The third kappa shape index (κ3) is 9.97. The van der Waals surface area contributed by atoms with Crippen molar-refractivity contribution in [3.8, 4) is 0 Å². The third-order valence-electron chi connectivity index (χ3n) is 5.94. The van der Waals surface area contributed by atoms with Gasteiger partial charge in [-0.15, -0.1) is 6.58 Å². The average molecular weight is 623 g/mol. The van der Waals surface area contributed by atoms with Gasteiger partial charge in [0.1, 0.15) is 28.1 Å². The zero-order valence-corrected chi connectivity index (χ0v) is 26.4. The van der Waals surface area contributed by atoms with Gasteiger partial charge in [0.05, 0.1) is 28.6 Å². The number of hydrogen-bond acceptors (Lipinski definition) is 10. The van der Waals surface area contributed by atoms with E-state index in [1.807, 2.05) is 6.92 Å². The molecular formula is C31H39FN8O3S. The number of anilines is 3. The summed E-state index contributed by atoms with van der Waals surface area (Å²) in [6.07, 6.45) is 4.59. The lowest BCUT2D eigenvalue weighted by Gasteiger charge is -2.31. The van der Waals surface area contributed by atoms with E-state index in [-0.39, 0.29) is 31.1 Å². The van der Waals surface area contributed by atoms with Crippen molar-refractivity contribution in [2.75, 3.05) is 22.9 Å². The monoisotopic (exact) mass is 622 g/mol. The van der Waals surface area contributed by atoms with Crippen LogP contribution < -0.4 is 16.4 Å². The summed E-state index contributed by atoms with van der Waals surface area (Å²) in [6.45, 7) is 12.8. The molecule has 0 aliphatic rings. The summed E-state index contributed by atoms with van der Waals surface area (Å²) in [6, 6.07) is 9.38. The summed E-state index contributed by atoms with van der Waals surface area (Å²) in [4.78, 5) is 45.4. The van der Waals surface area contributed by atoms with E-state index in [0.29, 0.717) is 34.0 Å². The van der Waals surface area contributed by atoms with E-state index in [1.165, 1.54) is 40.9 Å². The van der Waals surface area contributed by atoms with Gasteiger partial charge in [-0.1, -0.05) is 29.5 Å². The first-order valence-electron chi connectivity index (χ1n) is 14.1. The highest BCUT2D eigenvalue weighted by molar-refractivity contribution is 7.18. The van der Waals surface area contributed by atoms with Gasteiger partial charge in [-0.25, -0.2) is 24.1 Å². The number of fused-ring (bicyclic) bond motifs is 1. The fourth-order valence-corrected chi connectivity index (χ4v) is 4.86. The number of rotatable bonds is 10. The van der Waals surface area contributed by atoms with Gasteiger partial charge in [0, 0.05) is 31.6 Å². The second-order valence-electron chi connectivity index (χ2n) is 10.8. The van der Waals surface area contributed by atoms with E-state index < -0.39 is 23.6 Å². The number of pyridine rings is 1. The van der Waals surface area contributed by atoms with Crippen molar-refractivity contribution in [2.45, 2.75) is 65.6 Å². The van der Waals surface area contributed by atoms with Crippen LogP contribution in [0.5, 0.6) is 0 Å². The number of nitrogen functional groups attached to an aromatic ring is 1. The zero-order chi connectivity index (χ0) is 32.3. The molecule has 0 spiro atoms. The summed E-state index contributed by atoms with van der Waals surface area (Å²) < 4.78 is 19.6. The molecule has 4 rings (SSSR count). The summed E-state index contributed by atoms with van der Waals surface area (Å²) in [5.41, 5.74) is 7.00. The lowest BCUT2D eigenvalue weighted by atomic mass is 10.1. The van der Waals surface area contributed by atoms with Gasteiger partial charge in [0.25, 0.3) is 0 Å². The molecule has 13 heteroatoms. The summed E-state index contributed by atoms with van der Waals surface area (Å²) in [5.74, 6) is -0.238. The van der Waals surface area contributed by atoms with Gasteiger partial charge in [-0.2, -0.15) is 0 Å². The van der Waals surface area contributed by atoms with Crippen LogP contribution in [0.1, 0.15) is 51.7 Å². The molecule has 234 valence electrons. The van der Waals surface area contributed by atoms with Crippen molar-refractivity contribution in [3.63, 3.8) is 0 Å². The first-order valence-corrected chi connectivity index (χ1v) is 14.9. The van der Waals surface area contributed by atoms with Gasteiger partial charge < -0.3 is 26.0 Å². The van der Waals surface area contributed by atoms with Crippen LogP contribution in [0.4, 0.5) is 26.4 Å². The molecule has 0 bridgehead atoms. The Morgan fingerprint density at radius 2 is 1.91 bits per heavy atom. The number of halogens is 1. The van der Waals surface area contributed by atoms with E-state index in [2.05, 4.69) is 37.1 Å². The van der Waals surface area contributed by atoms with E-state index in [4.69, 9.17) is 10.5 Å². The maximum atomic E-state index is 14.0. The first kappa shape index (κ1) is 33.8. The number of para-hydroxylation sites is 2. The maximum absolute atomic E-state index is 14.0. The Bertz CT molecular complexity index is 1570. The molecule has 44 heavy (non-hydrogen) atoms. The van der Waals surface area contributed by atoms with Crippen molar-refractivity contribution < 1.29 is 18.7 Å². The van der Waals surface area contributed by atoms with Crippen LogP contribution in [0.3, 0.4) is 0 Å². The Morgan fingerprint density at radius 3 is 2.59 bits per heavy atom. The minimum atomic E-state index is -0.713. The molecule has 0 aliphatic heterocycles. The van der Waals surface area contributed by atoms with E-state index >= 15 is 0 Å². The number of carbonyl (C=O) groups excluding carboxylic acids is 2. The minimum Gasteiger partial charge on any atom is -0.444 e. The lowest BCUT2D eigenvalue weighted by molar-refractivity contribution is -0.117.